The number of halogens is 1. The van der Waals surface area contributed by atoms with Crippen molar-refractivity contribution in [2.75, 3.05) is 12.3 Å². The Morgan fingerprint density at radius 3 is 3.14 bits per heavy atom. The maximum absolute atomic E-state index is 11.8. The van der Waals surface area contributed by atoms with Gasteiger partial charge in [0.25, 0.3) is 0 Å². The summed E-state index contributed by atoms with van der Waals surface area (Å²) >= 11 is 7.28. The normalized spacial score (nSPS) is 10.4. The van der Waals surface area contributed by atoms with Gasteiger partial charge in [0.2, 0.25) is 5.91 Å². The summed E-state index contributed by atoms with van der Waals surface area (Å²) in [5.41, 5.74) is 1.10. The second-order valence-electron chi connectivity index (χ2n) is 4.57. The number of nitrogens with one attached hydrogen (secondary N) is 1. The highest BCUT2D eigenvalue weighted by atomic mass is 35.5. The number of hydrogen-bond donors (Lipinski definition) is 1. The zero-order valence-corrected chi connectivity index (χ0v) is 13.6. The van der Waals surface area contributed by atoms with Crippen molar-refractivity contribution in [2.45, 2.75) is 18.1 Å². The van der Waals surface area contributed by atoms with Crippen LogP contribution in [0.4, 0.5) is 0 Å². The molecular formula is C15H17ClN4OS. The summed E-state index contributed by atoms with van der Waals surface area (Å²) in [6.45, 7) is 4.89. The van der Waals surface area contributed by atoms with Crippen molar-refractivity contribution in [1.82, 2.24) is 20.1 Å². The van der Waals surface area contributed by atoms with Crippen molar-refractivity contribution >= 4 is 29.3 Å². The molecule has 2 rings (SSSR count). The lowest BCUT2D eigenvalue weighted by Gasteiger charge is -2.06. The van der Waals surface area contributed by atoms with Crippen LogP contribution in [0, 0.1) is 0 Å². The van der Waals surface area contributed by atoms with Crippen molar-refractivity contribution in [2.24, 2.45) is 0 Å². The van der Waals surface area contributed by atoms with Gasteiger partial charge in [-0.15, -0.1) is 16.8 Å². The number of thioether (sulfide) groups is 1. The van der Waals surface area contributed by atoms with Gasteiger partial charge >= 0.3 is 0 Å². The number of amides is 1. The molecule has 0 fully saturated rings. The van der Waals surface area contributed by atoms with Gasteiger partial charge in [-0.05, 0) is 24.1 Å². The maximum Gasteiger partial charge on any atom is 0.230 e. The first kappa shape index (κ1) is 16.6. The fourth-order valence-corrected chi connectivity index (χ4v) is 2.81. The predicted octanol–water partition coefficient (Wildman–Crippen LogP) is 2.57. The average molecular weight is 337 g/mol. The van der Waals surface area contributed by atoms with Gasteiger partial charge in [-0.3, -0.25) is 4.79 Å². The SMILES string of the molecule is C=CCn1cnnc1SCC(=O)NCCc1cccc(Cl)c1. The molecule has 5 nitrogen and oxygen atoms in total. The van der Waals surface area contributed by atoms with Crippen LogP contribution in [0.5, 0.6) is 0 Å². The van der Waals surface area contributed by atoms with Crippen molar-refractivity contribution in [3.63, 3.8) is 0 Å². The Hall–Kier alpha value is -1.79. The van der Waals surface area contributed by atoms with E-state index in [0.29, 0.717) is 29.0 Å². The highest BCUT2D eigenvalue weighted by molar-refractivity contribution is 7.99. The van der Waals surface area contributed by atoms with Gasteiger partial charge in [-0.25, -0.2) is 0 Å². The lowest BCUT2D eigenvalue weighted by Crippen LogP contribution is -2.27. The Labute approximate surface area is 138 Å². The smallest absolute Gasteiger partial charge is 0.230 e. The van der Waals surface area contributed by atoms with Crippen LogP contribution in [0.2, 0.25) is 5.02 Å². The van der Waals surface area contributed by atoms with E-state index in [2.05, 4.69) is 22.1 Å². The van der Waals surface area contributed by atoms with Gasteiger partial charge in [0.15, 0.2) is 5.16 Å². The molecule has 1 aromatic heterocycles. The number of allylic oxidation sites excluding steroid dienone is 1. The summed E-state index contributed by atoms with van der Waals surface area (Å²) < 4.78 is 1.84. The Kier molecular flexibility index (Phi) is 6.48. The number of carbonyl (C=O) groups is 1. The number of hydrogen-bond acceptors (Lipinski definition) is 4. The van der Waals surface area contributed by atoms with E-state index >= 15 is 0 Å². The third-order valence-electron chi connectivity index (χ3n) is 2.86. The quantitative estimate of drug-likeness (QED) is 0.594. The van der Waals surface area contributed by atoms with E-state index in [1.807, 2.05) is 28.8 Å². The summed E-state index contributed by atoms with van der Waals surface area (Å²) in [7, 11) is 0. The van der Waals surface area contributed by atoms with Gasteiger partial charge in [-0.1, -0.05) is 41.6 Å². The minimum Gasteiger partial charge on any atom is -0.355 e. The molecule has 1 heterocycles. The fourth-order valence-electron chi connectivity index (χ4n) is 1.84. The van der Waals surface area contributed by atoms with E-state index in [4.69, 9.17) is 11.6 Å². The average Bonchev–Trinajstić information content (AvgIpc) is 2.93. The molecule has 0 saturated heterocycles. The van der Waals surface area contributed by atoms with Gasteiger partial charge in [0, 0.05) is 18.1 Å². The van der Waals surface area contributed by atoms with Crippen LogP contribution < -0.4 is 5.32 Å². The van der Waals surface area contributed by atoms with Crippen LogP contribution >= 0.6 is 23.4 Å². The summed E-state index contributed by atoms with van der Waals surface area (Å²) in [5, 5.41) is 12.1. The molecule has 0 aliphatic carbocycles. The molecule has 0 aliphatic rings. The van der Waals surface area contributed by atoms with E-state index in [9.17, 15) is 4.79 Å². The minimum atomic E-state index is -0.0276. The third kappa shape index (κ3) is 5.20. The largest absolute Gasteiger partial charge is 0.355 e. The topological polar surface area (TPSA) is 59.8 Å². The molecule has 0 radical (unpaired) electrons. The Morgan fingerprint density at radius 1 is 1.50 bits per heavy atom. The molecule has 0 spiro atoms. The Morgan fingerprint density at radius 2 is 2.36 bits per heavy atom. The molecule has 0 saturated carbocycles. The number of nitrogens with zero attached hydrogens (tertiary/aromatic N) is 3. The first-order chi connectivity index (χ1) is 10.7. The highest BCUT2D eigenvalue weighted by Crippen LogP contribution is 2.14. The fraction of sp³-hybridized carbons (Fsp3) is 0.267. The molecule has 116 valence electrons. The van der Waals surface area contributed by atoms with Crippen LogP contribution in [-0.2, 0) is 17.8 Å². The molecule has 22 heavy (non-hydrogen) atoms. The summed E-state index contributed by atoms with van der Waals surface area (Å²) in [5.74, 6) is 0.283. The molecular weight excluding hydrogens is 320 g/mol. The molecule has 1 amide bonds. The van der Waals surface area contributed by atoms with E-state index in [-0.39, 0.29) is 5.91 Å². The van der Waals surface area contributed by atoms with E-state index < -0.39 is 0 Å². The van der Waals surface area contributed by atoms with Gasteiger partial charge in [-0.2, -0.15) is 0 Å². The summed E-state index contributed by atoms with van der Waals surface area (Å²) in [6, 6.07) is 7.63. The lowest BCUT2D eigenvalue weighted by atomic mass is 10.1. The molecule has 7 heteroatoms. The van der Waals surface area contributed by atoms with Crippen LogP contribution in [0.1, 0.15) is 5.56 Å². The van der Waals surface area contributed by atoms with Crippen molar-refractivity contribution < 1.29 is 4.79 Å². The van der Waals surface area contributed by atoms with Gasteiger partial charge in [0.1, 0.15) is 6.33 Å². The first-order valence-corrected chi connectivity index (χ1v) is 8.18. The zero-order chi connectivity index (χ0) is 15.8. The van der Waals surface area contributed by atoms with E-state index in [0.717, 1.165) is 12.0 Å². The van der Waals surface area contributed by atoms with Gasteiger partial charge < -0.3 is 9.88 Å². The van der Waals surface area contributed by atoms with E-state index in [1.165, 1.54) is 11.8 Å². The first-order valence-electron chi connectivity index (χ1n) is 6.81. The van der Waals surface area contributed by atoms with Gasteiger partial charge in [0.05, 0.1) is 5.75 Å². The number of carbonyl (C=O) groups excluding carboxylic acids is 1. The molecule has 0 unspecified atom stereocenters. The second kappa shape index (κ2) is 8.60. The second-order valence-corrected chi connectivity index (χ2v) is 5.95. The van der Waals surface area contributed by atoms with Crippen molar-refractivity contribution in [1.29, 1.82) is 0 Å². The highest BCUT2D eigenvalue weighted by Gasteiger charge is 2.07. The standard InChI is InChI=1S/C15H17ClN4OS/c1-2-8-20-11-18-19-15(20)22-10-14(21)17-7-6-12-4-3-5-13(16)9-12/h2-5,9,11H,1,6-8,10H2,(H,17,21). The van der Waals surface area contributed by atoms with E-state index in [1.54, 1.807) is 12.4 Å². The molecule has 0 atom stereocenters. The summed E-state index contributed by atoms with van der Waals surface area (Å²) in [6.07, 6.45) is 4.14. The van der Waals surface area contributed by atoms with Crippen LogP contribution in [-0.4, -0.2) is 33.0 Å². The Bertz CT molecular complexity index is 644. The maximum atomic E-state index is 11.8. The minimum absolute atomic E-state index is 0.0276. The number of benzene rings is 1. The number of rotatable bonds is 8. The predicted molar refractivity (Wildman–Crippen MR) is 89.1 cm³/mol. The monoisotopic (exact) mass is 336 g/mol. The summed E-state index contributed by atoms with van der Waals surface area (Å²) in [4.78, 5) is 11.8. The molecule has 0 bridgehead atoms. The van der Waals surface area contributed by atoms with Crippen LogP contribution in [0.3, 0.4) is 0 Å². The van der Waals surface area contributed by atoms with Crippen molar-refractivity contribution in [3.8, 4) is 0 Å². The molecule has 1 aromatic carbocycles. The molecule has 2 aromatic rings. The zero-order valence-electron chi connectivity index (χ0n) is 12.0. The van der Waals surface area contributed by atoms with Crippen molar-refractivity contribution in [3.05, 3.63) is 53.8 Å². The molecule has 0 aliphatic heterocycles. The molecule has 1 N–H and O–H groups in total. The van der Waals surface area contributed by atoms with Crippen LogP contribution in [0.25, 0.3) is 0 Å². The number of aromatic nitrogens is 3. The lowest BCUT2D eigenvalue weighted by molar-refractivity contribution is -0.118. The van der Waals surface area contributed by atoms with Crippen LogP contribution in [0.15, 0.2) is 48.4 Å². The third-order valence-corrected chi connectivity index (χ3v) is 4.08. The Balaban J connectivity index is 1.72.